The molecule has 0 aliphatic heterocycles. The first-order valence-corrected chi connectivity index (χ1v) is 4.65. The zero-order chi connectivity index (χ0) is 10.7. The van der Waals surface area contributed by atoms with E-state index in [1.165, 1.54) is 0 Å². The maximum Gasteiger partial charge on any atom is 0.277 e. The smallest absolute Gasteiger partial charge is 0.277 e. The van der Waals surface area contributed by atoms with Crippen LogP contribution in [-0.2, 0) is 0 Å². The second-order valence-electron chi connectivity index (χ2n) is 3.43. The Balaban J connectivity index is 3.32. The van der Waals surface area contributed by atoms with Crippen LogP contribution in [-0.4, -0.2) is 16.2 Å². The molecular formula is C10H15N3O. The largest absolute Gasteiger partial charge is 0.308 e. The molecule has 0 radical (unpaired) electrons. The number of aromatic amines is 1. The summed E-state index contributed by atoms with van der Waals surface area (Å²) in [6, 6.07) is 0. The predicted molar refractivity (Wildman–Crippen MR) is 57.5 cm³/mol. The molecule has 0 atom stereocenters. The molecule has 1 heterocycles. The van der Waals surface area contributed by atoms with Crippen LogP contribution >= 0.6 is 0 Å². The SMILES string of the molecule is C/C=N\c1c(C)nc(C(C)C)[nH]c1=O. The van der Waals surface area contributed by atoms with E-state index < -0.39 is 0 Å². The molecule has 0 aliphatic rings. The Labute approximate surface area is 83.1 Å². The molecule has 1 rings (SSSR count). The minimum Gasteiger partial charge on any atom is -0.308 e. The highest BCUT2D eigenvalue weighted by Gasteiger charge is 2.08. The molecule has 76 valence electrons. The van der Waals surface area contributed by atoms with Crippen LogP contribution in [0, 0.1) is 6.92 Å². The summed E-state index contributed by atoms with van der Waals surface area (Å²) in [5, 5.41) is 0. The van der Waals surface area contributed by atoms with Gasteiger partial charge in [0.05, 0.1) is 5.69 Å². The Hall–Kier alpha value is -1.45. The first-order chi connectivity index (χ1) is 6.56. The zero-order valence-corrected chi connectivity index (χ0v) is 8.96. The lowest BCUT2D eigenvalue weighted by atomic mass is 10.2. The molecule has 4 nitrogen and oxygen atoms in total. The average Bonchev–Trinajstić information content (AvgIpc) is 2.10. The van der Waals surface area contributed by atoms with E-state index in [-0.39, 0.29) is 11.5 Å². The van der Waals surface area contributed by atoms with Crippen molar-refractivity contribution in [3.63, 3.8) is 0 Å². The van der Waals surface area contributed by atoms with Crippen molar-refractivity contribution in [2.75, 3.05) is 0 Å². The summed E-state index contributed by atoms with van der Waals surface area (Å²) in [5.74, 6) is 0.934. The Kier molecular flexibility index (Phi) is 3.17. The van der Waals surface area contributed by atoms with Gasteiger partial charge in [-0.05, 0) is 13.8 Å². The number of aliphatic imine (C=N–C) groups is 1. The first kappa shape index (κ1) is 10.6. The molecule has 0 aliphatic carbocycles. The molecule has 1 aromatic heterocycles. The molecule has 0 bridgehead atoms. The quantitative estimate of drug-likeness (QED) is 0.729. The molecule has 0 unspecified atom stereocenters. The van der Waals surface area contributed by atoms with Crippen LogP contribution in [0.3, 0.4) is 0 Å². The van der Waals surface area contributed by atoms with Gasteiger partial charge in [-0.1, -0.05) is 13.8 Å². The molecule has 0 fully saturated rings. The van der Waals surface area contributed by atoms with E-state index in [0.29, 0.717) is 17.2 Å². The Morgan fingerprint density at radius 1 is 1.50 bits per heavy atom. The third-order valence-electron chi connectivity index (χ3n) is 1.89. The highest BCUT2D eigenvalue weighted by atomic mass is 16.1. The fraction of sp³-hybridized carbons (Fsp3) is 0.500. The number of aryl methyl sites for hydroxylation is 1. The van der Waals surface area contributed by atoms with Gasteiger partial charge in [0.1, 0.15) is 11.5 Å². The van der Waals surface area contributed by atoms with Crippen molar-refractivity contribution in [2.45, 2.75) is 33.6 Å². The highest BCUT2D eigenvalue weighted by molar-refractivity contribution is 5.60. The second kappa shape index (κ2) is 4.17. The van der Waals surface area contributed by atoms with Crippen LogP contribution < -0.4 is 5.56 Å². The van der Waals surface area contributed by atoms with E-state index in [4.69, 9.17) is 0 Å². The van der Waals surface area contributed by atoms with Crippen LogP contribution in [0.2, 0.25) is 0 Å². The minimum absolute atomic E-state index is 0.167. The molecule has 1 aromatic rings. The highest BCUT2D eigenvalue weighted by Crippen LogP contribution is 2.13. The number of nitrogens with one attached hydrogen (secondary N) is 1. The summed E-state index contributed by atoms with van der Waals surface area (Å²) in [6.07, 6.45) is 1.59. The molecule has 0 amide bonds. The molecule has 14 heavy (non-hydrogen) atoms. The summed E-state index contributed by atoms with van der Waals surface area (Å²) in [4.78, 5) is 22.5. The van der Waals surface area contributed by atoms with Crippen LogP contribution in [0.25, 0.3) is 0 Å². The third-order valence-corrected chi connectivity index (χ3v) is 1.89. The van der Waals surface area contributed by atoms with Crippen LogP contribution in [0.15, 0.2) is 9.79 Å². The lowest BCUT2D eigenvalue weighted by molar-refractivity contribution is 0.759. The van der Waals surface area contributed by atoms with Gasteiger partial charge >= 0.3 is 0 Å². The molecule has 0 aromatic carbocycles. The summed E-state index contributed by atoms with van der Waals surface area (Å²) < 4.78 is 0. The molecule has 4 heteroatoms. The fourth-order valence-electron chi connectivity index (χ4n) is 1.16. The molecule has 0 spiro atoms. The average molecular weight is 193 g/mol. The molecular weight excluding hydrogens is 178 g/mol. The van der Waals surface area contributed by atoms with Crippen molar-refractivity contribution in [3.8, 4) is 0 Å². The van der Waals surface area contributed by atoms with Crippen molar-refractivity contribution in [2.24, 2.45) is 4.99 Å². The lowest BCUT2D eigenvalue weighted by Gasteiger charge is -2.06. The van der Waals surface area contributed by atoms with Gasteiger partial charge in [-0.15, -0.1) is 0 Å². The van der Waals surface area contributed by atoms with Gasteiger partial charge < -0.3 is 4.98 Å². The number of hydrogen-bond donors (Lipinski definition) is 1. The first-order valence-electron chi connectivity index (χ1n) is 4.65. The van der Waals surface area contributed by atoms with Crippen molar-refractivity contribution >= 4 is 11.9 Å². The standard InChI is InChI=1S/C10H15N3O/c1-5-11-8-7(4)12-9(6(2)3)13-10(8)14/h5-6H,1-4H3,(H,12,13,14)/b11-5-. The molecule has 0 saturated heterocycles. The number of hydrogen-bond acceptors (Lipinski definition) is 3. The predicted octanol–water partition coefficient (Wildman–Crippen LogP) is 1.92. The van der Waals surface area contributed by atoms with Crippen molar-refractivity contribution < 1.29 is 0 Å². The maximum absolute atomic E-state index is 11.5. The Bertz CT molecular complexity index is 404. The monoisotopic (exact) mass is 193 g/mol. The zero-order valence-electron chi connectivity index (χ0n) is 8.96. The maximum atomic E-state index is 11.5. The van der Waals surface area contributed by atoms with E-state index in [9.17, 15) is 4.79 Å². The lowest BCUT2D eigenvalue weighted by Crippen LogP contribution is -2.13. The third kappa shape index (κ3) is 2.07. The van der Waals surface area contributed by atoms with Gasteiger partial charge in [0.2, 0.25) is 0 Å². The number of nitrogens with zero attached hydrogens (tertiary/aromatic N) is 2. The van der Waals surface area contributed by atoms with Crippen LogP contribution in [0.1, 0.15) is 38.2 Å². The fourth-order valence-corrected chi connectivity index (χ4v) is 1.16. The second-order valence-corrected chi connectivity index (χ2v) is 3.43. The van der Waals surface area contributed by atoms with Gasteiger partial charge in [0, 0.05) is 12.1 Å². The van der Waals surface area contributed by atoms with E-state index in [1.807, 2.05) is 13.8 Å². The van der Waals surface area contributed by atoms with E-state index >= 15 is 0 Å². The van der Waals surface area contributed by atoms with E-state index in [2.05, 4.69) is 15.0 Å². The van der Waals surface area contributed by atoms with Gasteiger partial charge in [-0.3, -0.25) is 9.79 Å². The van der Waals surface area contributed by atoms with Gasteiger partial charge in [0.25, 0.3) is 5.56 Å². The van der Waals surface area contributed by atoms with E-state index in [1.54, 1.807) is 20.1 Å². The van der Waals surface area contributed by atoms with Gasteiger partial charge in [-0.2, -0.15) is 0 Å². The van der Waals surface area contributed by atoms with Gasteiger partial charge in [-0.25, -0.2) is 4.98 Å². The summed E-state index contributed by atoms with van der Waals surface area (Å²) in [7, 11) is 0. The van der Waals surface area contributed by atoms with Crippen molar-refractivity contribution in [3.05, 3.63) is 21.9 Å². The topological polar surface area (TPSA) is 58.1 Å². The summed E-state index contributed by atoms with van der Waals surface area (Å²) in [6.45, 7) is 7.54. The van der Waals surface area contributed by atoms with Crippen LogP contribution in [0.4, 0.5) is 5.69 Å². The Morgan fingerprint density at radius 3 is 2.57 bits per heavy atom. The van der Waals surface area contributed by atoms with Crippen molar-refractivity contribution in [1.82, 2.24) is 9.97 Å². The molecule has 0 saturated carbocycles. The van der Waals surface area contributed by atoms with Crippen molar-refractivity contribution in [1.29, 1.82) is 0 Å². The minimum atomic E-state index is -0.167. The van der Waals surface area contributed by atoms with Gasteiger partial charge in [0.15, 0.2) is 0 Å². The number of H-pyrrole nitrogens is 1. The number of aromatic nitrogens is 2. The van der Waals surface area contributed by atoms with E-state index in [0.717, 1.165) is 0 Å². The number of rotatable bonds is 2. The van der Waals surface area contributed by atoms with Crippen LogP contribution in [0.5, 0.6) is 0 Å². The summed E-state index contributed by atoms with van der Waals surface area (Å²) >= 11 is 0. The molecule has 1 N–H and O–H groups in total. The normalized spacial score (nSPS) is 11.5. The summed E-state index contributed by atoms with van der Waals surface area (Å²) in [5.41, 5.74) is 0.909. The Morgan fingerprint density at radius 2 is 2.14 bits per heavy atom.